The predicted octanol–water partition coefficient (Wildman–Crippen LogP) is 3.92. The number of ether oxygens (including phenoxy) is 1. The fraction of sp³-hybridized carbons (Fsp3) is 0.619. The molecule has 0 spiro atoms. The maximum absolute atomic E-state index is 11.0. The Morgan fingerprint density at radius 3 is 2.83 bits per heavy atom. The molecule has 0 aromatic heterocycles. The molecule has 1 aromatic rings. The van der Waals surface area contributed by atoms with Gasteiger partial charge in [-0.05, 0) is 79.5 Å². The lowest BCUT2D eigenvalue weighted by Gasteiger charge is -2.52. The van der Waals surface area contributed by atoms with E-state index in [1.165, 1.54) is 17.5 Å². The highest BCUT2D eigenvalue weighted by molar-refractivity contribution is 5.41. The van der Waals surface area contributed by atoms with Crippen LogP contribution in [0.1, 0.15) is 56.1 Å². The molecule has 3 aliphatic rings. The summed E-state index contributed by atoms with van der Waals surface area (Å²) >= 11 is 0. The van der Waals surface area contributed by atoms with Crippen molar-refractivity contribution >= 4 is 0 Å². The van der Waals surface area contributed by atoms with Crippen molar-refractivity contribution in [2.75, 3.05) is 7.11 Å². The van der Waals surface area contributed by atoms with Gasteiger partial charge in [-0.1, -0.05) is 18.9 Å². The first-order valence-electron chi connectivity index (χ1n) is 8.89. The van der Waals surface area contributed by atoms with Gasteiger partial charge >= 0.3 is 0 Å². The van der Waals surface area contributed by atoms with E-state index in [4.69, 9.17) is 11.2 Å². The molecule has 0 bridgehead atoms. The van der Waals surface area contributed by atoms with Crippen LogP contribution in [0.2, 0.25) is 0 Å². The van der Waals surface area contributed by atoms with Gasteiger partial charge in [0, 0.05) is 5.41 Å². The summed E-state index contributed by atoms with van der Waals surface area (Å²) in [5, 5.41) is 11.0. The number of aliphatic hydroxyl groups is 1. The molecule has 2 fully saturated rings. The molecule has 2 nitrogen and oxygen atoms in total. The van der Waals surface area contributed by atoms with Crippen LogP contribution in [0, 0.1) is 29.6 Å². The first-order valence-corrected chi connectivity index (χ1v) is 8.89. The van der Waals surface area contributed by atoms with Crippen LogP contribution in [0.25, 0.3) is 0 Å². The van der Waals surface area contributed by atoms with Crippen LogP contribution in [0.5, 0.6) is 5.75 Å². The maximum atomic E-state index is 11.0. The van der Waals surface area contributed by atoms with Gasteiger partial charge < -0.3 is 9.84 Å². The molecule has 4 rings (SSSR count). The third-order valence-corrected chi connectivity index (χ3v) is 7.32. The molecule has 0 unspecified atom stereocenters. The molecule has 1 N–H and O–H groups in total. The van der Waals surface area contributed by atoms with Crippen molar-refractivity contribution in [3.8, 4) is 18.1 Å². The summed E-state index contributed by atoms with van der Waals surface area (Å²) in [5.74, 6) is 5.56. The van der Waals surface area contributed by atoms with Gasteiger partial charge in [-0.15, -0.1) is 6.42 Å². The van der Waals surface area contributed by atoms with E-state index in [0.717, 1.165) is 37.9 Å². The van der Waals surface area contributed by atoms with Crippen molar-refractivity contribution in [2.45, 2.75) is 57.0 Å². The monoisotopic (exact) mass is 310 g/mol. The van der Waals surface area contributed by atoms with Gasteiger partial charge in [-0.3, -0.25) is 0 Å². The van der Waals surface area contributed by atoms with Crippen molar-refractivity contribution in [3.63, 3.8) is 0 Å². The second-order valence-electron chi connectivity index (χ2n) is 7.98. The quantitative estimate of drug-likeness (QED) is 0.797. The van der Waals surface area contributed by atoms with E-state index in [9.17, 15) is 5.11 Å². The smallest absolute Gasteiger partial charge is 0.130 e. The Bertz CT molecular complexity index is 673. The zero-order valence-electron chi connectivity index (χ0n) is 14.1. The Balaban J connectivity index is 1.70. The average Bonchev–Trinajstić information content (AvgIpc) is 2.86. The molecule has 5 atom stereocenters. The number of fused-ring (bicyclic) bond motifs is 5. The van der Waals surface area contributed by atoms with Gasteiger partial charge in [0.2, 0.25) is 0 Å². The van der Waals surface area contributed by atoms with Crippen molar-refractivity contribution in [2.24, 2.45) is 17.3 Å². The molecule has 3 aliphatic carbocycles. The number of hydrogen-bond donors (Lipinski definition) is 1. The highest BCUT2D eigenvalue weighted by Crippen LogP contribution is 2.64. The van der Waals surface area contributed by atoms with E-state index >= 15 is 0 Å². The lowest BCUT2D eigenvalue weighted by molar-refractivity contribution is -0.0646. The summed E-state index contributed by atoms with van der Waals surface area (Å²) in [6, 6.07) is 6.59. The molecule has 0 radical (unpaired) electrons. The summed E-state index contributed by atoms with van der Waals surface area (Å²) < 4.78 is 5.39. The number of terminal acetylenes is 1. The molecule has 2 heteroatoms. The molecule has 0 amide bonds. The largest absolute Gasteiger partial charge is 0.497 e. The minimum Gasteiger partial charge on any atom is -0.497 e. The van der Waals surface area contributed by atoms with Crippen LogP contribution in [-0.4, -0.2) is 17.8 Å². The van der Waals surface area contributed by atoms with Crippen LogP contribution < -0.4 is 4.74 Å². The zero-order chi connectivity index (χ0) is 16.2. The minimum absolute atomic E-state index is 0.104. The van der Waals surface area contributed by atoms with Crippen molar-refractivity contribution in [1.29, 1.82) is 0 Å². The van der Waals surface area contributed by atoms with Gasteiger partial charge in [-0.2, -0.15) is 0 Å². The summed E-state index contributed by atoms with van der Waals surface area (Å²) in [7, 11) is 1.73. The van der Waals surface area contributed by atoms with Gasteiger partial charge in [0.25, 0.3) is 0 Å². The van der Waals surface area contributed by atoms with E-state index in [1.807, 2.05) is 0 Å². The number of methoxy groups -OCH3 is 1. The zero-order valence-corrected chi connectivity index (χ0v) is 14.1. The first kappa shape index (κ1) is 15.1. The summed E-state index contributed by atoms with van der Waals surface area (Å²) in [6.45, 7) is 2.24. The lowest BCUT2D eigenvalue weighted by atomic mass is 9.53. The average molecular weight is 310 g/mol. The maximum Gasteiger partial charge on any atom is 0.130 e. The van der Waals surface area contributed by atoms with Crippen molar-refractivity contribution < 1.29 is 9.84 Å². The Labute approximate surface area is 139 Å². The van der Waals surface area contributed by atoms with E-state index in [2.05, 4.69) is 31.0 Å². The molecule has 0 heterocycles. The number of hydrogen-bond acceptors (Lipinski definition) is 2. The second-order valence-corrected chi connectivity index (χ2v) is 7.98. The van der Waals surface area contributed by atoms with Gasteiger partial charge in [0.15, 0.2) is 0 Å². The van der Waals surface area contributed by atoms with Crippen LogP contribution in [0.15, 0.2) is 18.2 Å². The third kappa shape index (κ3) is 1.93. The normalized spacial score (nSPS) is 41.4. The molecule has 0 saturated heterocycles. The van der Waals surface area contributed by atoms with Gasteiger partial charge in [0.1, 0.15) is 11.4 Å². The van der Waals surface area contributed by atoms with Crippen molar-refractivity contribution in [3.05, 3.63) is 29.3 Å². The third-order valence-electron chi connectivity index (χ3n) is 7.32. The summed E-state index contributed by atoms with van der Waals surface area (Å²) in [5.41, 5.74) is 1.97. The Morgan fingerprint density at radius 1 is 1.26 bits per heavy atom. The molecule has 122 valence electrons. The molecule has 23 heavy (non-hydrogen) atoms. The molecule has 1 aromatic carbocycles. The van der Waals surface area contributed by atoms with E-state index in [0.29, 0.717) is 17.8 Å². The molecule has 2 saturated carbocycles. The van der Waals surface area contributed by atoms with Crippen molar-refractivity contribution in [1.82, 2.24) is 0 Å². The predicted molar refractivity (Wildman–Crippen MR) is 91.4 cm³/mol. The minimum atomic E-state index is -0.900. The highest BCUT2D eigenvalue weighted by atomic mass is 16.5. The number of rotatable bonds is 1. The Kier molecular flexibility index (Phi) is 3.29. The van der Waals surface area contributed by atoms with Crippen LogP contribution >= 0.6 is 0 Å². The second kappa shape index (κ2) is 5.02. The van der Waals surface area contributed by atoms with Crippen LogP contribution in [0.3, 0.4) is 0 Å². The fourth-order valence-electron chi connectivity index (χ4n) is 5.94. The topological polar surface area (TPSA) is 29.5 Å². The van der Waals surface area contributed by atoms with Crippen LogP contribution in [0.4, 0.5) is 0 Å². The Morgan fingerprint density at radius 2 is 2.09 bits per heavy atom. The van der Waals surface area contributed by atoms with Gasteiger partial charge in [-0.25, -0.2) is 0 Å². The molecule has 0 aliphatic heterocycles. The van der Waals surface area contributed by atoms with Crippen LogP contribution in [-0.2, 0) is 6.42 Å². The van der Waals surface area contributed by atoms with E-state index in [1.54, 1.807) is 7.11 Å². The SMILES string of the molecule is C#C[C@@]1(O)CC[C@H]2[C@H]3CCc4cc(OC)ccc4[C@@H]3CC[C@@]21C. The Hall–Kier alpha value is -1.46. The lowest BCUT2D eigenvalue weighted by Crippen LogP contribution is -2.50. The summed E-state index contributed by atoms with van der Waals surface area (Å²) in [4.78, 5) is 0. The fourth-order valence-corrected chi connectivity index (χ4v) is 5.94. The highest BCUT2D eigenvalue weighted by Gasteiger charge is 2.61. The number of benzene rings is 1. The van der Waals surface area contributed by atoms with E-state index < -0.39 is 5.60 Å². The standard InChI is InChI=1S/C21H26O2/c1-4-21(22)12-10-19-18-7-5-14-13-15(23-3)6-8-16(14)17(18)9-11-20(19,21)2/h1,6,8,13,17-19,22H,5,7,9-12H2,2-3H3/t17-,18-,19-,20-,21+/m0/s1. The van der Waals surface area contributed by atoms with E-state index in [-0.39, 0.29) is 5.41 Å². The molecular formula is C21H26O2. The number of aryl methyl sites for hydroxylation is 1. The molecular weight excluding hydrogens is 284 g/mol. The van der Waals surface area contributed by atoms with Gasteiger partial charge in [0.05, 0.1) is 7.11 Å². The first-order chi connectivity index (χ1) is 11.0. The summed E-state index contributed by atoms with van der Waals surface area (Å²) in [6.07, 6.45) is 12.1.